The summed E-state index contributed by atoms with van der Waals surface area (Å²) >= 11 is 12.4. The topological polar surface area (TPSA) is 86.8 Å². The summed E-state index contributed by atoms with van der Waals surface area (Å²) in [6, 6.07) is 23.9. The fraction of sp³-hybridized carbons (Fsp3) is 0.235. The Bertz CT molecular complexity index is 1740. The molecular formula is C34H34Cl2FN3O4S. The van der Waals surface area contributed by atoms with E-state index in [2.05, 4.69) is 5.32 Å². The van der Waals surface area contributed by atoms with E-state index in [4.69, 9.17) is 23.2 Å². The number of nitrogens with zero attached hydrogens (tertiary/aromatic N) is 2. The van der Waals surface area contributed by atoms with Crippen LogP contribution in [0, 0.1) is 12.7 Å². The van der Waals surface area contributed by atoms with Crippen LogP contribution in [0.25, 0.3) is 0 Å². The predicted octanol–water partition coefficient (Wildman–Crippen LogP) is 6.80. The first kappa shape index (κ1) is 34.0. The van der Waals surface area contributed by atoms with Gasteiger partial charge >= 0.3 is 0 Å². The normalized spacial score (nSPS) is 12.1. The summed E-state index contributed by atoms with van der Waals surface area (Å²) in [7, 11) is -4.30. The van der Waals surface area contributed by atoms with Crippen LogP contribution in [0.5, 0.6) is 0 Å². The van der Waals surface area contributed by atoms with E-state index in [-0.39, 0.29) is 34.6 Å². The molecule has 0 aliphatic heterocycles. The van der Waals surface area contributed by atoms with Gasteiger partial charge in [0.25, 0.3) is 10.0 Å². The molecule has 4 rings (SSSR count). The lowest BCUT2D eigenvalue weighted by atomic mass is 10.0. The number of carbonyl (C=O) groups is 2. The van der Waals surface area contributed by atoms with Crippen molar-refractivity contribution < 1.29 is 22.4 Å². The zero-order valence-electron chi connectivity index (χ0n) is 25.1. The molecule has 4 aromatic carbocycles. The number of halogens is 3. The number of anilines is 1. The monoisotopic (exact) mass is 669 g/mol. The highest BCUT2D eigenvalue weighted by Gasteiger charge is 2.35. The molecule has 11 heteroatoms. The number of rotatable bonds is 12. The van der Waals surface area contributed by atoms with Gasteiger partial charge in [0.15, 0.2) is 0 Å². The van der Waals surface area contributed by atoms with Gasteiger partial charge in [-0.15, -0.1) is 0 Å². The van der Waals surface area contributed by atoms with Crippen LogP contribution in [0.4, 0.5) is 10.1 Å². The second kappa shape index (κ2) is 14.9. The zero-order chi connectivity index (χ0) is 32.7. The molecule has 0 bridgehead atoms. The molecule has 0 heterocycles. The van der Waals surface area contributed by atoms with E-state index in [0.717, 1.165) is 27.6 Å². The van der Waals surface area contributed by atoms with Gasteiger partial charge in [0, 0.05) is 19.0 Å². The number of benzene rings is 4. The first-order valence-corrected chi connectivity index (χ1v) is 16.5. The van der Waals surface area contributed by atoms with Crippen LogP contribution >= 0.6 is 23.2 Å². The zero-order valence-corrected chi connectivity index (χ0v) is 27.4. The van der Waals surface area contributed by atoms with E-state index in [9.17, 15) is 22.4 Å². The van der Waals surface area contributed by atoms with Gasteiger partial charge in [-0.05, 0) is 80.4 Å². The van der Waals surface area contributed by atoms with Crippen LogP contribution in [-0.4, -0.2) is 43.8 Å². The van der Waals surface area contributed by atoms with Crippen molar-refractivity contribution in [2.45, 2.75) is 50.7 Å². The number of hydrogen-bond donors (Lipinski definition) is 1. The minimum atomic E-state index is -4.30. The standard InChI is InChI=1S/C34H34Cl2FN3O4S/c1-23(2)38-34(42)32(20-25-7-5-4-6-8-25)39(21-26-11-18-30(35)31(36)19-26)33(41)22-40(28-14-12-27(37)13-15-28)45(43,44)29-16-9-24(3)10-17-29/h4-19,23,32H,20-22H2,1-3H3,(H,38,42)/t32-/m0/s1. The van der Waals surface area contributed by atoms with Crippen LogP contribution in [0.15, 0.2) is 102 Å². The Morgan fingerprint density at radius 3 is 2.09 bits per heavy atom. The minimum Gasteiger partial charge on any atom is -0.352 e. The van der Waals surface area contributed by atoms with E-state index in [1.54, 1.807) is 30.3 Å². The van der Waals surface area contributed by atoms with Crippen LogP contribution < -0.4 is 9.62 Å². The van der Waals surface area contributed by atoms with Crippen molar-refractivity contribution in [2.24, 2.45) is 0 Å². The second-order valence-electron chi connectivity index (χ2n) is 10.9. The molecule has 236 valence electrons. The number of amides is 2. The fourth-order valence-electron chi connectivity index (χ4n) is 4.74. The van der Waals surface area contributed by atoms with Crippen molar-refractivity contribution in [3.8, 4) is 0 Å². The molecule has 0 saturated carbocycles. The molecule has 2 amide bonds. The van der Waals surface area contributed by atoms with Crippen LogP contribution in [0.3, 0.4) is 0 Å². The quantitative estimate of drug-likeness (QED) is 0.180. The highest BCUT2D eigenvalue weighted by molar-refractivity contribution is 7.92. The third kappa shape index (κ3) is 8.84. The number of nitrogens with one attached hydrogen (secondary N) is 1. The molecule has 0 aliphatic rings. The van der Waals surface area contributed by atoms with Crippen molar-refractivity contribution in [2.75, 3.05) is 10.8 Å². The average Bonchev–Trinajstić information content (AvgIpc) is 3.00. The van der Waals surface area contributed by atoms with Gasteiger partial charge in [0.05, 0.1) is 20.6 Å². The van der Waals surface area contributed by atoms with Gasteiger partial charge in [-0.2, -0.15) is 0 Å². The van der Waals surface area contributed by atoms with E-state index in [1.165, 1.54) is 29.2 Å². The van der Waals surface area contributed by atoms with Crippen LogP contribution in [0.2, 0.25) is 10.0 Å². The Hall–Kier alpha value is -3.92. The Labute approximate surface area is 273 Å². The smallest absolute Gasteiger partial charge is 0.264 e. The first-order valence-electron chi connectivity index (χ1n) is 14.3. The molecule has 0 fully saturated rings. The summed E-state index contributed by atoms with van der Waals surface area (Å²) in [4.78, 5) is 29.5. The number of sulfonamides is 1. The molecule has 0 aromatic heterocycles. The molecule has 1 N–H and O–H groups in total. The maximum atomic E-state index is 14.4. The lowest BCUT2D eigenvalue weighted by Crippen LogP contribution is -2.54. The molecule has 0 spiro atoms. The number of aryl methyl sites for hydroxylation is 1. The maximum Gasteiger partial charge on any atom is 0.264 e. The van der Waals surface area contributed by atoms with Crippen LogP contribution in [-0.2, 0) is 32.6 Å². The largest absolute Gasteiger partial charge is 0.352 e. The SMILES string of the molecule is Cc1ccc(S(=O)(=O)N(CC(=O)N(Cc2ccc(Cl)c(Cl)c2)[C@@H](Cc2ccccc2)C(=O)NC(C)C)c2ccc(F)cc2)cc1. The first-order chi connectivity index (χ1) is 21.3. The van der Waals surface area contributed by atoms with Gasteiger partial charge in [-0.3, -0.25) is 13.9 Å². The Morgan fingerprint density at radius 1 is 0.844 bits per heavy atom. The van der Waals surface area contributed by atoms with Crippen molar-refractivity contribution in [1.82, 2.24) is 10.2 Å². The minimum absolute atomic E-state index is 0.0420. The Balaban J connectivity index is 1.81. The summed E-state index contributed by atoms with van der Waals surface area (Å²) in [5.74, 6) is -1.62. The molecule has 7 nitrogen and oxygen atoms in total. The summed E-state index contributed by atoms with van der Waals surface area (Å²) in [6.45, 7) is 4.72. The third-order valence-corrected chi connectivity index (χ3v) is 9.57. The highest BCUT2D eigenvalue weighted by atomic mass is 35.5. The van der Waals surface area contributed by atoms with E-state index < -0.39 is 40.2 Å². The van der Waals surface area contributed by atoms with E-state index in [1.807, 2.05) is 51.1 Å². The summed E-state index contributed by atoms with van der Waals surface area (Å²) in [5.41, 5.74) is 2.33. The van der Waals surface area contributed by atoms with Gasteiger partial charge < -0.3 is 10.2 Å². The Kier molecular flexibility index (Phi) is 11.3. The third-order valence-electron chi connectivity index (χ3n) is 7.04. The number of carbonyl (C=O) groups excluding carboxylic acids is 2. The van der Waals surface area contributed by atoms with Crippen molar-refractivity contribution in [3.63, 3.8) is 0 Å². The molecule has 0 saturated heterocycles. The van der Waals surface area contributed by atoms with Gasteiger partial charge in [-0.1, -0.05) is 77.3 Å². The average molecular weight is 671 g/mol. The van der Waals surface area contributed by atoms with Crippen molar-refractivity contribution >= 4 is 50.7 Å². The molecular weight excluding hydrogens is 636 g/mol. The van der Waals surface area contributed by atoms with Gasteiger partial charge in [0.2, 0.25) is 11.8 Å². The van der Waals surface area contributed by atoms with Crippen molar-refractivity contribution in [1.29, 1.82) is 0 Å². The fourth-order valence-corrected chi connectivity index (χ4v) is 6.48. The molecule has 4 aromatic rings. The second-order valence-corrected chi connectivity index (χ2v) is 13.6. The predicted molar refractivity (Wildman–Crippen MR) is 176 cm³/mol. The summed E-state index contributed by atoms with van der Waals surface area (Å²) in [5, 5.41) is 3.49. The molecule has 1 atom stereocenters. The van der Waals surface area contributed by atoms with Gasteiger partial charge in [0.1, 0.15) is 18.4 Å². The molecule has 0 unspecified atom stereocenters. The summed E-state index contributed by atoms with van der Waals surface area (Å²) in [6.07, 6.45) is 0.160. The molecule has 0 radical (unpaired) electrons. The van der Waals surface area contributed by atoms with Crippen molar-refractivity contribution in [3.05, 3.63) is 130 Å². The highest BCUT2D eigenvalue weighted by Crippen LogP contribution is 2.27. The Morgan fingerprint density at radius 2 is 1.49 bits per heavy atom. The van der Waals surface area contributed by atoms with Crippen LogP contribution in [0.1, 0.15) is 30.5 Å². The maximum absolute atomic E-state index is 14.4. The number of hydrogen-bond acceptors (Lipinski definition) is 4. The van der Waals surface area contributed by atoms with E-state index >= 15 is 0 Å². The molecule has 45 heavy (non-hydrogen) atoms. The molecule has 0 aliphatic carbocycles. The van der Waals surface area contributed by atoms with E-state index in [0.29, 0.717) is 10.6 Å². The van der Waals surface area contributed by atoms with Gasteiger partial charge in [-0.25, -0.2) is 12.8 Å². The lowest BCUT2D eigenvalue weighted by Gasteiger charge is -2.34. The summed E-state index contributed by atoms with van der Waals surface area (Å²) < 4.78 is 42.9. The lowest BCUT2D eigenvalue weighted by molar-refractivity contribution is -0.140.